The molecule has 1 amide bonds. The standard InChI is InChI=1S/C10H20N2O2/c1-8(2)12(6-3-7-13)9(14)10(11)4-5-10/h8,13H,3-7,11H2,1-2H3. The third-order valence-electron chi connectivity index (χ3n) is 2.66. The van der Waals surface area contributed by atoms with Crippen molar-refractivity contribution in [1.82, 2.24) is 4.90 Å². The summed E-state index contributed by atoms with van der Waals surface area (Å²) in [5, 5.41) is 8.73. The molecule has 1 fully saturated rings. The Kier molecular flexibility index (Phi) is 3.50. The van der Waals surface area contributed by atoms with Crippen LogP contribution in [0.1, 0.15) is 33.1 Å². The monoisotopic (exact) mass is 200 g/mol. The van der Waals surface area contributed by atoms with Crippen molar-refractivity contribution in [3.8, 4) is 0 Å². The van der Waals surface area contributed by atoms with Crippen molar-refractivity contribution in [2.75, 3.05) is 13.2 Å². The maximum atomic E-state index is 11.9. The number of aliphatic hydroxyl groups is 1. The van der Waals surface area contributed by atoms with Crippen LogP contribution >= 0.6 is 0 Å². The molecule has 0 aromatic carbocycles. The fourth-order valence-electron chi connectivity index (χ4n) is 1.47. The average Bonchev–Trinajstić information content (AvgIpc) is 2.85. The number of aliphatic hydroxyl groups excluding tert-OH is 1. The van der Waals surface area contributed by atoms with E-state index in [0.29, 0.717) is 13.0 Å². The third-order valence-corrected chi connectivity index (χ3v) is 2.66. The van der Waals surface area contributed by atoms with Crippen molar-refractivity contribution < 1.29 is 9.90 Å². The zero-order chi connectivity index (χ0) is 10.8. The fourth-order valence-corrected chi connectivity index (χ4v) is 1.47. The molecule has 0 radical (unpaired) electrons. The van der Waals surface area contributed by atoms with E-state index >= 15 is 0 Å². The molecule has 1 aliphatic rings. The number of rotatable bonds is 5. The Hall–Kier alpha value is -0.610. The minimum atomic E-state index is -0.584. The van der Waals surface area contributed by atoms with Crippen LogP contribution in [0.4, 0.5) is 0 Å². The van der Waals surface area contributed by atoms with Crippen molar-refractivity contribution in [2.45, 2.75) is 44.7 Å². The predicted molar refractivity (Wildman–Crippen MR) is 54.7 cm³/mol. The number of carbonyl (C=O) groups excluding carboxylic acids is 1. The zero-order valence-electron chi connectivity index (χ0n) is 8.99. The first kappa shape index (κ1) is 11.5. The number of carbonyl (C=O) groups is 1. The lowest BCUT2D eigenvalue weighted by Gasteiger charge is -2.29. The molecule has 1 rings (SSSR count). The molecule has 1 saturated carbocycles. The zero-order valence-corrected chi connectivity index (χ0v) is 8.99. The lowest BCUT2D eigenvalue weighted by molar-refractivity contribution is -0.135. The van der Waals surface area contributed by atoms with Crippen LogP contribution in [0.2, 0.25) is 0 Å². The maximum absolute atomic E-state index is 11.9. The molecule has 4 nitrogen and oxygen atoms in total. The van der Waals surface area contributed by atoms with E-state index < -0.39 is 5.54 Å². The fraction of sp³-hybridized carbons (Fsp3) is 0.900. The predicted octanol–water partition coefficient (Wildman–Crippen LogP) is 0.0971. The van der Waals surface area contributed by atoms with E-state index in [-0.39, 0.29) is 18.6 Å². The van der Waals surface area contributed by atoms with Gasteiger partial charge in [-0.3, -0.25) is 4.79 Å². The molecule has 14 heavy (non-hydrogen) atoms. The summed E-state index contributed by atoms with van der Waals surface area (Å²) in [7, 11) is 0. The summed E-state index contributed by atoms with van der Waals surface area (Å²) in [5.41, 5.74) is 5.26. The van der Waals surface area contributed by atoms with Crippen molar-refractivity contribution in [3.05, 3.63) is 0 Å². The molecule has 0 saturated heterocycles. The van der Waals surface area contributed by atoms with Crippen LogP contribution in [0.3, 0.4) is 0 Å². The minimum Gasteiger partial charge on any atom is -0.396 e. The highest BCUT2D eigenvalue weighted by molar-refractivity contribution is 5.89. The quantitative estimate of drug-likeness (QED) is 0.661. The van der Waals surface area contributed by atoms with Gasteiger partial charge in [-0.05, 0) is 33.1 Å². The molecule has 1 aliphatic carbocycles. The summed E-state index contributed by atoms with van der Waals surface area (Å²) in [6.45, 7) is 4.67. The largest absolute Gasteiger partial charge is 0.396 e. The van der Waals surface area contributed by atoms with Gasteiger partial charge >= 0.3 is 0 Å². The first-order valence-electron chi connectivity index (χ1n) is 5.22. The SMILES string of the molecule is CC(C)N(CCCO)C(=O)C1(N)CC1. The van der Waals surface area contributed by atoms with Crippen LogP contribution < -0.4 is 5.73 Å². The molecule has 0 bridgehead atoms. The molecular formula is C10H20N2O2. The van der Waals surface area contributed by atoms with E-state index in [1.807, 2.05) is 13.8 Å². The molecule has 3 N–H and O–H groups in total. The van der Waals surface area contributed by atoms with E-state index in [9.17, 15) is 4.79 Å². The summed E-state index contributed by atoms with van der Waals surface area (Å²) < 4.78 is 0. The van der Waals surface area contributed by atoms with E-state index in [1.165, 1.54) is 0 Å². The summed E-state index contributed by atoms with van der Waals surface area (Å²) in [6, 6.07) is 0.162. The second kappa shape index (κ2) is 4.28. The van der Waals surface area contributed by atoms with Gasteiger partial charge in [0.2, 0.25) is 5.91 Å². The molecule has 0 heterocycles. The van der Waals surface area contributed by atoms with Gasteiger partial charge in [-0.15, -0.1) is 0 Å². The molecule has 4 heteroatoms. The Balaban J connectivity index is 2.53. The Morgan fingerprint density at radius 3 is 2.50 bits per heavy atom. The van der Waals surface area contributed by atoms with Gasteiger partial charge in [0.05, 0.1) is 5.54 Å². The maximum Gasteiger partial charge on any atom is 0.242 e. The number of nitrogens with two attached hydrogens (primary N) is 1. The van der Waals surface area contributed by atoms with Gasteiger partial charge in [0.25, 0.3) is 0 Å². The van der Waals surface area contributed by atoms with Crippen molar-refractivity contribution in [2.24, 2.45) is 5.73 Å². The Morgan fingerprint density at radius 1 is 1.57 bits per heavy atom. The summed E-state index contributed by atoms with van der Waals surface area (Å²) in [5.74, 6) is 0.0425. The smallest absolute Gasteiger partial charge is 0.242 e. The third kappa shape index (κ3) is 2.45. The van der Waals surface area contributed by atoms with Crippen molar-refractivity contribution in [1.29, 1.82) is 0 Å². The van der Waals surface area contributed by atoms with E-state index in [4.69, 9.17) is 10.8 Å². The second-order valence-corrected chi connectivity index (χ2v) is 4.33. The molecular weight excluding hydrogens is 180 g/mol. The number of hydrogen-bond donors (Lipinski definition) is 2. The van der Waals surface area contributed by atoms with Gasteiger partial charge < -0.3 is 15.7 Å². The number of nitrogens with zero attached hydrogens (tertiary/aromatic N) is 1. The van der Waals surface area contributed by atoms with Crippen LogP contribution in [0, 0.1) is 0 Å². The van der Waals surface area contributed by atoms with E-state index in [0.717, 1.165) is 12.8 Å². The van der Waals surface area contributed by atoms with Crippen molar-refractivity contribution in [3.63, 3.8) is 0 Å². The van der Waals surface area contributed by atoms with E-state index in [2.05, 4.69) is 0 Å². The van der Waals surface area contributed by atoms with Crippen LogP contribution in [0.15, 0.2) is 0 Å². The van der Waals surface area contributed by atoms with Gasteiger partial charge in [-0.25, -0.2) is 0 Å². The normalized spacial score (nSPS) is 18.4. The highest BCUT2D eigenvalue weighted by Crippen LogP contribution is 2.34. The number of amides is 1. The first-order valence-corrected chi connectivity index (χ1v) is 5.22. The summed E-state index contributed by atoms with van der Waals surface area (Å²) >= 11 is 0. The van der Waals surface area contributed by atoms with Crippen molar-refractivity contribution >= 4 is 5.91 Å². The molecule has 82 valence electrons. The Bertz CT molecular complexity index is 212. The lowest BCUT2D eigenvalue weighted by Crippen LogP contribution is -2.49. The highest BCUT2D eigenvalue weighted by atomic mass is 16.3. The van der Waals surface area contributed by atoms with Crippen LogP contribution in [-0.2, 0) is 4.79 Å². The van der Waals surface area contributed by atoms with Gasteiger partial charge in [0.15, 0.2) is 0 Å². The minimum absolute atomic E-state index is 0.0425. The molecule has 0 aromatic heterocycles. The Morgan fingerprint density at radius 2 is 2.14 bits per heavy atom. The molecule has 0 unspecified atom stereocenters. The Labute approximate surface area is 85.1 Å². The van der Waals surface area contributed by atoms with Crippen LogP contribution in [0.25, 0.3) is 0 Å². The van der Waals surface area contributed by atoms with Gasteiger partial charge in [0.1, 0.15) is 0 Å². The topological polar surface area (TPSA) is 66.6 Å². The van der Waals surface area contributed by atoms with E-state index in [1.54, 1.807) is 4.90 Å². The van der Waals surface area contributed by atoms with Gasteiger partial charge in [-0.2, -0.15) is 0 Å². The molecule has 0 spiro atoms. The molecule has 0 atom stereocenters. The second-order valence-electron chi connectivity index (χ2n) is 4.33. The highest BCUT2D eigenvalue weighted by Gasteiger charge is 2.48. The summed E-state index contributed by atoms with van der Waals surface area (Å²) in [6.07, 6.45) is 2.22. The average molecular weight is 200 g/mol. The molecule has 0 aliphatic heterocycles. The van der Waals surface area contributed by atoms with Gasteiger partial charge in [-0.1, -0.05) is 0 Å². The van der Waals surface area contributed by atoms with Gasteiger partial charge in [0, 0.05) is 19.2 Å². The lowest BCUT2D eigenvalue weighted by atomic mass is 10.2. The van der Waals surface area contributed by atoms with Crippen LogP contribution in [0.5, 0.6) is 0 Å². The summed E-state index contributed by atoms with van der Waals surface area (Å²) in [4.78, 5) is 13.7. The number of hydrogen-bond acceptors (Lipinski definition) is 3. The molecule has 0 aromatic rings. The first-order chi connectivity index (χ1) is 6.51. The van der Waals surface area contributed by atoms with Crippen LogP contribution in [-0.4, -0.2) is 40.6 Å².